The van der Waals surface area contributed by atoms with Gasteiger partial charge in [-0.1, -0.05) is 31.2 Å². The number of nitrogens with zero attached hydrogens (tertiary/aromatic N) is 3. The third-order valence-electron chi connectivity index (χ3n) is 6.04. The molecule has 1 unspecified atom stereocenters. The Balaban J connectivity index is 1.42. The summed E-state index contributed by atoms with van der Waals surface area (Å²) in [4.78, 5) is 9.60. The van der Waals surface area contributed by atoms with Gasteiger partial charge in [0.15, 0.2) is 5.96 Å². The highest BCUT2D eigenvalue weighted by Crippen LogP contribution is 2.20. The maximum absolute atomic E-state index is 4.45. The molecule has 150 valence electrons. The third kappa shape index (κ3) is 5.69. The Kier molecular flexibility index (Phi) is 7.53. The van der Waals surface area contributed by atoms with E-state index in [1.165, 1.54) is 50.0 Å². The molecule has 0 aliphatic carbocycles. The fraction of sp³-hybridized carbons (Fsp3) is 0.682. The summed E-state index contributed by atoms with van der Waals surface area (Å²) in [5.74, 6) is 0.952. The second-order valence-corrected chi connectivity index (χ2v) is 8.05. The number of fused-ring (bicyclic) bond motifs is 1. The van der Waals surface area contributed by atoms with E-state index >= 15 is 0 Å². The first-order chi connectivity index (χ1) is 13.2. The summed E-state index contributed by atoms with van der Waals surface area (Å²) < 4.78 is 0. The molecule has 1 aromatic rings. The number of hydrogen-bond donors (Lipinski definition) is 2. The van der Waals surface area contributed by atoms with E-state index in [1.54, 1.807) is 0 Å². The van der Waals surface area contributed by atoms with Crippen LogP contribution in [0, 0.1) is 0 Å². The predicted molar refractivity (Wildman–Crippen MR) is 114 cm³/mol. The van der Waals surface area contributed by atoms with E-state index in [0.29, 0.717) is 12.1 Å². The van der Waals surface area contributed by atoms with E-state index in [9.17, 15) is 0 Å². The van der Waals surface area contributed by atoms with Crippen molar-refractivity contribution in [1.82, 2.24) is 20.4 Å². The number of piperidine rings is 1. The van der Waals surface area contributed by atoms with Gasteiger partial charge in [-0.2, -0.15) is 0 Å². The molecule has 0 spiro atoms. The first kappa shape index (κ1) is 20.2. The van der Waals surface area contributed by atoms with Crippen LogP contribution in [0.2, 0.25) is 0 Å². The molecule has 5 heteroatoms. The highest BCUT2D eigenvalue weighted by atomic mass is 15.2. The van der Waals surface area contributed by atoms with E-state index in [2.05, 4.69) is 63.5 Å². The van der Waals surface area contributed by atoms with Gasteiger partial charge in [0.25, 0.3) is 0 Å². The summed E-state index contributed by atoms with van der Waals surface area (Å²) in [6, 6.07) is 9.88. The first-order valence-electron chi connectivity index (χ1n) is 10.7. The van der Waals surface area contributed by atoms with E-state index in [-0.39, 0.29) is 0 Å². The zero-order valence-corrected chi connectivity index (χ0v) is 17.4. The minimum atomic E-state index is 0.489. The molecule has 1 aromatic carbocycles. The van der Waals surface area contributed by atoms with Crippen LogP contribution in [0.4, 0.5) is 0 Å². The highest BCUT2D eigenvalue weighted by molar-refractivity contribution is 5.80. The normalized spacial score (nSPS) is 20.9. The second kappa shape index (κ2) is 10.1. The van der Waals surface area contributed by atoms with Gasteiger partial charge in [-0.25, -0.2) is 0 Å². The van der Waals surface area contributed by atoms with Gasteiger partial charge in [-0.05, 0) is 50.3 Å². The Labute approximate surface area is 165 Å². The summed E-state index contributed by atoms with van der Waals surface area (Å²) in [5.41, 5.74) is 3.00. The number of likely N-dealkylation sites (tertiary alicyclic amines) is 1. The van der Waals surface area contributed by atoms with Gasteiger partial charge in [0.1, 0.15) is 0 Å². The number of aliphatic imine (C=N–C) groups is 1. The Morgan fingerprint density at radius 3 is 2.63 bits per heavy atom. The van der Waals surface area contributed by atoms with Crippen molar-refractivity contribution < 1.29 is 0 Å². The zero-order chi connectivity index (χ0) is 19.1. The van der Waals surface area contributed by atoms with Gasteiger partial charge < -0.3 is 15.5 Å². The molecule has 5 nitrogen and oxygen atoms in total. The Morgan fingerprint density at radius 1 is 1.19 bits per heavy atom. The van der Waals surface area contributed by atoms with Crippen molar-refractivity contribution >= 4 is 5.96 Å². The number of benzene rings is 1. The largest absolute Gasteiger partial charge is 0.355 e. The summed E-state index contributed by atoms with van der Waals surface area (Å²) >= 11 is 0. The Hall–Kier alpha value is -1.59. The minimum Gasteiger partial charge on any atom is -0.355 e. The van der Waals surface area contributed by atoms with Crippen LogP contribution in [0.3, 0.4) is 0 Å². The van der Waals surface area contributed by atoms with Crippen LogP contribution >= 0.6 is 0 Å². The summed E-state index contributed by atoms with van der Waals surface area (Å²) in [5, 5.41) is 7.19. The lowest BCUT2D eigenvalue weighted by Gasteiger charge is -2.35. The molecule has 0 amide bonds. The molecule has 2 aliphatic rings. The second-order valence-electron chi connectivity index (χ2n) is 8.05. The van der Waals surface area contributed by atoms with Gasteiger partial charge in [-0.15, -0.1) is 0 Å². The lowest BCUT2D eigenvalue weighted by Crippen LogP contribution is -2.51. The average molecular weight is 372 g/mol. The molecule has 1 fully saturated rings. The zero-order valence-electron chi connectivity index (χ0n) is 17.4. The Morgan fingerprint density at radius 2 is 1.93 bits per heavy atom. The van der Waals surface area contributed by atoms with Crippen molar-refractivity contribution in [3.05, 3.63) is 35.4 Å². The van der Waals surface area contributed by atoms with Crippen molar-refractivity contribution in [3.63, 3.8) is 0 Å². The van der Waals surface area contributed by atoms with Crippen LogP contribution in [0.5, 0.6) is 0 Å². The van der Waals surface area contributed by atoms with Gasteiger partial charge in [-0.3, -0.25) is 9.89 Å². The maximum Gasteiger partial charge on any atom is 0.191 e. The van der Waals surface area contributed by atoms with E-state index < -0.39 is 0 Å². The average Bonchev–Trinajstić information content (AvgIpc) is 2.72. The first-order valence-corrected chi connectivity index (χ1v) is 10.7. The summed E-state index contributed by atoms with van der Waals surface area (Å²) in [6.07, 6.45) is 4.82. The summed E-state index contributed by atoms with van der Waals surface area (Å²) in [6.45, 7) is 11.3. The molecule has 27 heavy (non-hydrogen) atoms. The topological polar surface area (TPSA) is 42.9 Å². The van der Waals surface area contributed by atoms with E-state index in [1.807, 2.05) is 7.05 Å². The lowest BCUT2D eigenvalue weighted by atomic mass is 9.99. The number of nitrogens with one attached hydrogen (secondary N) is 2. The van der Waals surface area contributed by atoms with Crippen LogP contribution < -0.4 is 10.6 Å². The monoisotopic (exact) mass is 371 g/mol. The number of hydrogen-bond acceptors (Lipinski definition) is 3. The predicted octanol–water partition coefficient (Wildman–Crippen LogP) is 2.47. The maximum atomic E-state index is 4.45. The molecule has 0 aromatic heterocycles. The van der Waals surface area contributed by atoms with Crippen molar-refractivity contribution in [1.29, 1.82) is 0 Å². The standard InChI is InChI=1S/C22H37N5/c1-4-12-26-13-10-21(11-14-26)25-22(23-3)24-16-18(2)27-15-9-19-7-5-6-8-20(19)17-27/h5-8,18,21H,4,9-17H2,1-3H3,(H2,23,24,25). The molecule has 0 radical (unpaired) electrons. The molecule has 0 bridgehead atoms. The molecular weight excluding hydrogens is 334 g/mol. The van der Waals surface area contributed by atoms with Gasteiger partial charge >= 0.3 is 0 Å². The fourth-order valence-corrected chi connectivity index (χ4v) is 4.27. The summed E-state index contributed by atoms with van der Waals surface area (Å²) in [7, 11) is 1.88. The lowest BCUT2D eigenvalue weighted by molar-refractivity contribution is 0.190. The minimum absolute atomic E-state index is 0.489. The quantitative estimate of drug-likeness (QED) is 0.596. The smallest absolute Gasteiger partial charge is 0.191 e. The molecule has 1 saturated heterocycles. The van der Waals surface area contributed by atoms with E-state index in [4.69, 9.17) is 0 Å². The number of guanidine groups is 1. The van der Waals surface area contributed by atoms with Crippen molar-refractivity contribution in [2.75, 3.05) is 39.8 Å². The van der Waals surface area contributed by atoms with Crippen LogP contribution in [0.25, 0.3) is 0 Å². The molecule has 1 atom stereocenters. The van der Waals surface area contributed by atoms with Crippen molar-refractivity contribution in [2.45, 2.75) is 58.2 Å². The van der Waals surface area contributed by atoms with Crippen LogP contribution in [0.1, 0.15) is 44.2 Å². The third-order valence-corrected chi connectivity index (χ3v) is 6.04. The van der Waals surface area contributed by atoms with E-state index in [0.717, 1.165) is 32.0 Å². The van der Waals surface area contributed by atoms with Crippen LogP contribution in [0.15, 0.2) is 29.3 Å². The van der Waals surface area contributed by atoms with Gasteiger partial charge in [0.05, 0.1) is 0 Å². The molecule has 2 heterocycles. The van der Waals surface area contributed by atoms with Gasteiger partial charge in [0, 0.05) is 51.9 Å². The van der Waals surface area contributed by atoms with Crippen molar-refractivity contribution in [3.8, 4) is 0 Å². The molecule has 2 N–H and O–H groups in total. The number of rotatable bonds is 6. The van der Waals surface area contributed by atoms with Crippen molar-refractivity contribution in [2.24, 2.45) is 4.99 Å². The highest BCUT2D eigenvalue weighted by Gasteiger charge is 2.22. The molecule has 0 saturated carbocycles. The van der Waals surface area contributed by atoms with Gasteiger partial charge in [0.2, 0.25) is 0 Å². The molecule has 2 aliphatic heterocycles. The fourth-order valence-electron chi connectivity index (χ4n) is 4.27. The van der Waals surface area contributed by atoms with Crippen LogP contribution in [-0.4, -0.2) is 67.6 Å². The molecule has 3 rings (SSSR count). The molecular formula is C22H37N5. The SMILES string of the molecule is CCCN1CCC(NC(=NC)NCC(C)N2CCc3ccccc3C2)CC1. The Bertz CT molecular complexity index is 606. The van der Waals surface area contributed by atoms with Crippen LogP contribution in [-0.2, 0) is 13.0 Å².